The standard InChI is InChI=1S/C20H25NO2S/c1-20(2,3)18-14-21(19-8-6-5-7-17(18)19)13-15-9-11-16(12-10-15)24(4,22)23/h5-12,18H,13-14H2,1-4H3. The first-order valence-electron chi connectivity index (χ1n) is 8.29. The van der Waals surface area contributed by atoms with Crippen molar-refractivity contribution in [3.8, 4) is 0 Å². The van der Waals surface area contributed by atoms with E-state index in [0.717, 1.165) is 18.7 Å². The maximum absolute atomic E-state index is 11.6. The van der Waals surface area contributed by atoms with E-state index in [0.29, 0.717) is 10.8 Å². The maximum Gasteiger partial charge on any atom is 0.175 e. The van der Waals surface area contributed by atoms with Crippen LogP contribution in [-0.2, 0) is 16.4 Å². The second kappa shape index (κ2) is 5.92. The molecule has 1 aliphatic heterocycles. The van der Waals surface area contributed by atoms with Gasteiger partial charge in [-0.2, -0.15) is 0 Å². The molecule has 128 valence electrons. The fourth-order valence-corrected chi connectivity index (χ4v) is 4.07. The highest BCUT2D eigenvalue weighted by molar-refractivity contribution is 7.90. The summed E-state index contributed by atoms with van der Waals surface area (Å²) in [5.74, 6) is 0.504. The molecule has 0 radical (unpaired) electrons. The summed E-state index contributed by atoms with van der Waals surface area (Å²) >= 11 is 0. The van der Waals surface area contributed by atoms with Gasteiger partial charge in [0.25, 0.3) is 0 Å². The van der Waals surface area contributed by atoms with Gasteiger partial charge in [-0.15, -0.1) is 0 Å². The average Bonchev–Trinajstić information content (AvgIpc) is 2.86. The van der Waals surface area contributed by atoms with Gasteiger partial charge in [0.1, 0.15) is 0 Å². The third-order valence-electron chi connectivity index (χ3n) is 4.83. The van der Waals surface area contributed by atoms with Crippen molar-refractivity contribution in [2.45, 2.75) is 38.1 Å². The van der Waals surface area contributed by atoms with Gasteiger partial charge in [-0.25, -0.2) is 8.42 Å². The molecule has 0 amide bonds. The highest BCUT2D eigenvalue weighted by atomic mass is 32.2. The average molecular weight is 343 g/mol. The summed E-state index contributed by atoms with van der Waals surface area (Å²) < 4.78 is 23.2. The van der Waals surface area contributed by atoms with E-state index in [1.165, 1.54) is 17.5 Å². The molecule has 2 aromatic carbocycles. The molecule has 3 rings (SSSR count). The molecule has 0 aliphatic carbocycles. The lowest BCUT2D eigenvalue weighted by Gasteiger charge is -2.28. The van der Waals surface area contributed by atoms with Crippen LogP contribution in [0, 0.1) is 5.41 Å². The fraction of sp³-hybridized carbons (Fsp3) is 0.400. The van der Waals surface area contributed by atoms with Gasteiger partial charge in [0, 0.05) is 31.0 Å². The number of rotatable bonds is 3. The first-order valence-corrected chi connectivity index (χ1v) is 10.2. The van der Waals surface area contributed by atoms with Gasteiger partial charge < -0.3 is 4.90 Å². The van der Waals surface area contributed by atoms with Crippen LogP contribution in [0.4, 0.5) is 5.69 Å². The van der Waals surface area contributed by atoms with Crippen LogP contribution in [0.15, 0.2) is 53.4 Å². The predicted octanol–water partition coefficient (Wildman–Crippen LogP) is 4.24. The van der Waals surface area contributed by atoms with Crippen molar-refractivity contribution in [2.75, 3.05) is 17.7 Å². The lowest BCUT2D eigenvalue weighted by molar-refractivity contribution is 0.332. The molecule has 0 aromatic heterocycles. The molecule has 3 nitrogen and oxygen atoms in total. The molecular formula is C20H25NO2S. The summed E-state index contributed by atoms with van der Waals surface area (Å²) in [6.07, 6.45) is 1.24. The van der Waals surface area contributed by atoms with Crippen LogP contribution in [0.25, 0.3) is 0 Å². The highest BCUT2D eigenvalue weighted by Gasteiger charge is 2.35. The quantitative estimate of drug-likeness (QED) is 0.836. The molecule has 0 spiro atoms. The Hall–Kier alpha value is -1.81. The lowest BCUT2D eigenvalue weighted by Crippen LogP contribution is -2.26. The Labute approximate surface area is 145 Å². The molecule has 1 heterocycles. The van der Waals surface area contributed by atoms with Gasteiger partial charge in [-0.3, -0.25) is 0 Å². The van der Waals surface area contributed by atoms with E-state index in [2.05, 4.69) is 49.9 Å². The summed E-state index contributed by atoms with van der Waals surface area (Å²) in [4.78, 5) is 2.78. The van der Waals surface area contributed by atoms with Crippen molar-refractivity contribution >= 4 is 15.5 Å². The number of sulfone groups is 1. The Kier molecular flexibility index (Phi) is 4.20. The Balaban J connectivity index is 1.86. The number of anilines is 1. The Morgan fingerprint density at radius 1 is 1.04 bits per heavy atom. The largest absolute Gasteiger partial charge is 0.366 e. The zero-order valence-corrected chi connectivity index (χ0v) is 15.6. The molecule has 4 heteroatoms. The van der Waals surface area contributed by atoms with E-state index < -0.39 is 9.84 Å². The van der Waals surface area contributed by atoms with Crippen LogP contribution in [0.3, 0.4) is 0 Å². The molecule has 1 atom stereocenters. The van der Waals surface area contributed by atoms with Gasteiger partial charge in [0.2, 0.25) is 0 Å². The van der Waals surface area contributed by atoms with Crippen LogP contribution < -0.4 is 4.90 Å². The van der Waals surface area contributed by atoms with E-state index in [1.807, 2.05) is 12.1 Å². The zero-order valence-electron chi connectivity index (χ0n) is 14.8. The maximum atomic E-state index is 11.6. The minimum absolute atomic E-state index is 0.213. The second-order valence-electron chi connectivity index (χ2n) is 7.77. The van der Waals surface area contributed by atoms with E-state index >= 15 is 0 Å². The van der Waals surface area contributed by atoms with Gasteiger partial charge in [-0.1, -0.05) is 51.1 Å². The summed E-state index contributed by atoms with van der Waals surface area (Å²) in [6.45, 7) is 8.67. The van der Waals surface area contributed by atoms with Gasteiger partial charge in [0.15, 0.2) is 9.84 Å². The van der Waals surface area contributed by atoms with E-state index in [-0.39, 0.29) is 5.41 Å². The molecule has 0 fully saturated rings. The molecular weight excluding hydrogens is 318 g/mol. The third-order valence-corrected chi connectivity index (χ3v) is 5.95. The number of hydrogen-bond acceptors (Lipinski definition) is 3. The van der Waals surface area contributed by atoms with Crippen LogP contribution in [-0.4, -0.2) is 21.2 Å². The Morgan fingerprint density at radius 3 is 2.25 bits per heavy atom. The van der Waals surface area contributed by atoms with Crippen LogP contribution in [0.1, 0.15) is 37.8 Å². The summed E-state index contributed by atoms with van der Waals surface area (Å²) in [5.41, 5.74) is 4.06. The minimum Gasteiger partial charge on any atom is -0.366 e. The number of benzene rings is 2. The van der Waals surface area contributed by atoms with Crippen molar-refractivity contribution in [1.82, 2.24) is 0 Å². The van der Waals surface area contributed by atoms with Gasteiger partial charge in [-0.05, 0) is 34.7 Å². The van der Waals surface area contributed by atoms with E-state index in [9.17, 15) is 8.42 Å². The smallest absolute Gasteiger partial charge is 0.175 e. The van der Waals surface area contributed by atoms with Crippen molar-refractivity contribution < 1.29 is 8.42 Å². The highest BCUT2D eigenvalue weighted by Crippen LogP contribution is 2.45. The van der Waals surface area contributed by atoms with Crippen molar-refractivity contribution in [1.29, 1.82) is 0 Å². The van der Waals surface area contributed by atoms with Crippen molar-refractivity contribution in [3.63, 3.8) is 0 Å². The molecule has 1 aliphatic rings. The fourth-order valence-electron chi connectivity index (χ4n) is 3.44. The van der Waals surface area contributed by atoms with Crippen LogP contribution >= 0.6 is 0 Å². The van der Waals surface area contributed by atoms with Gasteiger partial charge in [0.05, 0.1) is 4.90 Å². The number of hydrogen-bond donors (Lipinski definition) is 0. The SMILES string of the molecule is CC(C)(C)C1CN(Cc2ccc(S(C)(=O)=O)cc2)c2ccccc21. The summed E-state index contributed by atoms with van der Waals surface area (Å²) in [6, 6.07) is 15.9. The molecule has 0 saturated carbocycles. The molecule has 1 unspecified atom stereocenters. The molecule has 0 saturated heterocycles. The lowest BCUT2D eigenvalue weighted by atomic mass is 9.78. The van der Waals surface area contributed by atoms with Crippen LogP contribution in [0.5, 0.6) is 0 Å². The third kappa shape index (κ3) is 3.34. The van der Waals surface area contributed by atoms with Crippen LogP contribution in [0.2, 0.25) is 0 Å². The Bertz CT molecular complexity index is 833. The van der Waals surface area contributed by atoms with Crippen molar-refractivity contribution in [3.05, 3.63) is 59.7 Å². The summed E-state index contributed by atoms with van der Waals surface area (Å²) in [7, 11) is -3.14. The first-order chi connectivity index (χ1) is 11.2. The number of nitrogens with zero attached hydrogens (tertiary/aromatic N) is 1. The minimum atomic E-state index is -3.14. The second-order valence-corrected chi connectivity index (χ2v) is 9.79. The molecule has 2 aromatic rings. The Morgan fingerprint density at radius 2 is 1.67 bits per heavy atom. The summed E-state index contributed by atoms with van der Waals surface area (Å²) in [5, 5.41) is 0. The monoisotopic (exact) mass is 343 g/mol. The molecule has 0 N–H and O–H groups in total. The normalized spacial score (nSPS) is 17.8. The first kappa shape index (κ1) is 17.0. The van der Waals surface area contributed by atoms with Gasteiger partial charge >= 0.3 is 0 Å². The van der Waals surface area contributed by atoms with E-state index in [4.69, 9.17) is 0 Å². The number of fused-ring (bicyclic) bond motifs is 1. The number of para-hydroxylation sites is 1. The zero-order chi connectivity index (χ0) is 17.5. The van der Waals surface area contributed by atoms with Crippen molar-refractivity contribution in [2.24, 2.45) is 5.41 Å². The topological polar surface area (TPSA) is 37.4 Å². The molecule has 0 bridgehead atoms. The predicted molar refractivity (Wildman–Crippen MR) is 99.2 cm³/mol. The molecule has 24 heavy (non-hydrogen) atoms. The van der Waals surface area contributed by atoms with E-state index in [1.54, 1.807) is 12.1 Å².